The van der Waals surface area contributed by atoms with E-state index in [0.717, 1.165) is 16.8 Å². The van der Waals surface area contributed by atoms with E-state index in [9.17, 15) is 0 Å². The predicted molar refractivity (Wildman–Crippen MR) is 85.2 cm³/mol. The average Bonchev–Trinajstić information content (AvgIpc) is 2.56. The minimum Gasteiger partial charge on any atom is -0.256 e. The van der Waals surface area contributed by atoms with Gasteiger partial charge in [-0.25, -0.2) is 0 Å². The average molecular weight is 257 g/mol. The Morgan fingerprint density at radius 2 is 1.55 bits per heavy atom. The van der Waals surface area contributed by atoms with Gasteiger partial charge in [-0.1, -0.05) is 67.3 Å². The van der Waals surface area contributed by atoms with Gasteiger partial charge < -0.3 is 0 Å². The molecule has 96 valence electrons. The SMILES string of the molecule is C=Cc1ccccc1-c1cc(-c2ccccc2)ccn1. The third-order valence-corrected chi connectivity index (χ3v) is 3.32. The quantitative estimate of drug-likeness (QED) is 0.639. The first-order valence-corrected chi connectivity index (χ1v) is 6.62. The first-order valence-electron chi connectivity index (χ1n) is 6.62. The van der Waals surface area contributed by atoms with Crippen molar-refractivity contribution in [3.63, 3.8) is 0 Å². The van der Waals surface area contributed by atoms with Crippen LogP contribution in [0.2, 0.25) is 0 Å². The fourth-order valence-corrected chi connectivity index (χ4v) is 2.30. The first kappa shape index (κ1) is 12.4. The number of hydrogen-bond donors (Lipinski definition) is 0. The summed E-state index contributed by atoms with van der Waals surface area (Å²) >= 11 is 0. The normalized spacial score (nSPS) is 10.2. The second-order valence-electron chi connectivity index (χ2n) is 4.59. The summed E-state index contributed by atoms with van der Waals surface area (Å²) in [5.41, 5.74) is 5.56. The molecule has 0 amide bonds. The van der Waals surface area contributed by atoms with Gasteiger partial charge in [-0.3, -0.25) is 4.98 Å². The van der Waals surface area contributed by atoms with E-state index < -0.39 is 0 Å². The molecular weight excluding hydrogens is 242 g/mol. The molecule has 0 unspecified atom stereocenters. The fourth-order valence-electron chi connectivity index (χ4n) is 2.30. The van der Waals surface area contributed by atoms with Crippen LogP contribution in [0.1, 0.15) is 5.56 Å². The van der Waals surface area contributed by atoms with E-state index in [2.05, 4.69) is 41.9 Å². The maximum Gasteiger partial charge on any atom is 0.0714 e. The molecule has 20 heavy (non-hydrogen) atoms. The van der Waals surface area contributed by atoms with Gasteiger partial charge in [0.05, 0.1) is 5.69 Å². The molecular formula is C19H15N. The minimum absolute atomic E-state index is 0.974. The summed E-state index contributed by atoms with van der Waals surface area (Å²) in [6, 6.07) is 22.7. The number of benzene rings is 2. The van der Waals surface area contributed by atoms with Crippen molar-refractivity contribution in [1.29, 1.82) is 0 Å². The van der Waals surface area contributed by atoms with E-state index in [1.807, 2.05) is 48.7 Å². The second kappa shape index (κ2) is 5.54. The zero-order valence-electron chi connectivity index (χ0n) is 11.2. The Balaban J connectivity index is 2.10. The van der Waals surface area contributed by atoms with Crippen molar-refractivity contribution >= 4 is 6.08 Å². The Bertz CT molecular complexity index is 730. The van der Waals surface area contributed by atoms with Gasteiger partial charge in [0.25, 0.3) is 0 Å². The van der Waals surface area contributed by atoms with Crippen LogP contribution in [-0.4, -0.2) is 4.98 Å². The lowest BCUT2D eigenvalue weighted by atomic mass is 10.0. The van der Waals surface area contributed by atoms with Gasteiger partial charge in [-0.15, -0.1) is 0 Å². The molecule has 0 aliphatic heterocycles. The van der Waals surface area contributed by atoms with Gasteiger partial charge in [0, 0.05) is 11.8 Å². The largest absolute Gasteiger partial charge is 0.256 e. The lowest BCUT2D eigenvalue weighted by Gasteiger charge is -2.07. The van der Waals surface area contributed by atoms with Crippen LogP contribution in [-0.2, 0) is 0 Å². The molecule has 3 aromatic rings. The first-order chi connectivity index (χ1) is 9.88. The van der Waals surface area contributed by atoms with Crippen molar-refractivity contribution in [2.24, 2.45) is 0 Å². The smallest absolute Gasteiger partial charge is 0.0714 e. The molecule has 0 aliphatic carbocycles. The number of nitrogens with zero attached hydrogens (tertiary/aromatic N) is 1. The van der Waals surface area contributed by atoms with Gasteiger partial charge in [0.15, 0.2) is 0 Å². The van der Waals surface area contributed by atoms with Gasteiger partial charge >= 0.3 is 0 Å². The zero-order valence-corrected chi connectivity index (χ0v) is 11.2. The second-order valence-corrected chi connectivity index (χ2v) is 4.59. The molecule has 1 heterocycles. The Kier molecular flexibility index (Phi) is 3.42. The van der Waals surface area contributed by atoms with Crippen LogP contribution in [0, 0.1) is 0 Å². The van der Waals surface area contributed by atoms with Crippen molar-refractivity contribution < 1.29 is 0 Å². The third kappa shape index (κ3) is 2.39. The van der Waals surface area contributed by atoms with Crippen molar-refractivity contribution in [3.8, 4) is 22.4 Å². The maximum atomic E-state index is 4.50. The van der Waals surface area contributed by atoms with Gasteiger partial charge in [0.2, 0.25) is 0 Å². The molecule has 0 N–H and O–H groups in total. The summed E-state index contributed by atoms with van der Waals surface area (Å²) in [7, 11) is 0. The molecule has 1 heteroatoms. The van der Waals surface area contributed by atoms with Crippen LogP contribution in [0.4, 0.5) is 0 Å². The summed E-state index contributed by atoms with van der Waals surface area (Å²) in [6.45, 7) is 3.87. The number of aromatic nitrogens is 1. The Hall–Kier alpha value is -2.67. The molecule has 0 fully saturated rings. The molecule has 0 spiro atoms. The molecule has 0 aliphatic rings. The highest BCUT2D eigenvalue weighted by Crippen LogP contribution is 2.27. The molecule has 0 saturated carbocycles. The van der Waals surface area contributed by atoms with E-state index in [0.29, 0.717) is 0 Å². The summed E-state index contributed by atoms with van der Waals surface area (Å²) in [5, 5.41) is 0. The van der Waals surface area contributed by atoms with Crippen molar-refractivity contribution in [3.05, 3.63) is 85.1 Å². The number of rotatable bonds is 3. The highest BCUT2D eigenvalue weighted by molar-refractivity contribution is 5.76. The minimum atomic E-state index is 0.974. The number of hydrogen-bond acceptors (Lipinski definition) is 1. The van der Waals surface area contributed by atoms with E-state index in [1.54, 1.807) is 0 Å². The van der Waals surface area contributed by atoms with Gasteiger partial charge in [0.1, 0.15) is 0 Å². The standard InChI is InChI=1S/C19H15N/c1-2-15-8-6-7-11-18(15)19-14-17(12-13-20-19)16-9-4-3-5-10-16/h2-14H,1H2. The summed E-state index contributed by atoms with van der Waals surface area (Å²) in [6.07, 6.45) is 3.73. The fraction of sp³-hybridized carbons (Fsp3) is 0. The summed E-state index contributed by atoms with van der Waals surface area (Å²) in [4.78, 5) is 4.50. The topological polar surface area (TPSA) is 12.9 Å². The monoisotopic (exact) mass is 257 g/mol. The lowest BCUT2D eigenvalue weighted by Crippen LogP contribution is -1.88. The summed E-state index contributed by atoms with van der Waals surface area (Å²) in [5.74, 6) is 0. The van der Waals surface area contributed by atoms with Crippen LogP contribution in [0.5, 0.6) is 0 Å². The van der Waals surface area contributed by atoms with Crippen LogP contribution in [0.3, 0.4) is 0 Å². The molecule has 0 saturated heterocycles. The Morgan fingerprint density at radius 1 is 0.800 bits per heavy atom. The molecule has 2 aromatic carbocycles. The number of pyridine rings is 1. The van der Waals surface area contributed by atoms with Gasteiger partial charge in [-0.2, -0.15) is 0 Å². The highest BCUT2D eigenvalue weighted by Gasteiger charge is 2.05. The van der Waals surface area contributed by atoms with Crippen molar-refractivity contribution in [2.75, 3.05) is 0 Å². The molecule has 0 radical (unpaired) electrons. The molecule has 1 nitrogen and oxygen atoms in total. The van der Waals surface area contributed by atoms with E-state index >= 15 is 0 Å². The van der Waals surface area contributed by atoms with Crippen LogP contribution in [0.25, 0.3) is 28.5 Å². The predicted octanol–water partition coefficient (Wildman–Crippen LogP) is 5.06. The van der Waals surface area contributed by atoms with Crippen LogP contribution < -0.4 is 0 Å². The molecule has 3 rings (SSSR count). The van der Waals surface area contributed by atoms with E-state index in [4.69, 9.17) is 0 Å². The van der Waals surface area contributed by atoms with E-state index in [-0.39, 0.29) is 0 Å². The van der Waals surface area contributed by atoms with E-state index in [1.165, 1.54) is 11.1 Å². The molecule has 1 aromatic heterocycles. The lowest BCUT2D eigenvalue weighted by molar-refractivity contribution is 1.32. The highest BCUT2D eigenvalue weighted by atomic mass is 14.7. The van der Waals surface area contributed by atoms with Crippen LogP contribution >= 0.6 is 0 Å². The molecule has 0 atom stereocenters. The molecule has 0 bridgehead atoms. The Labute approximate surface area is 119 Å². The maximum absolute atomic E-state index is 4.50. The van der Waals surface area contributed by atoms with Gasteiger partial charge in [-0.05, 0) is 28.8 Å². The third-order valence-electron chi connectivity index (χ3n) is 3.32. The zero-order chi connectivity index (χ0) is 13.8. The Morgan fingerprint density at radius 3 is 2.35 bits per heavy atom. The van der Waals surface area contributed by atoms with Crippen LogP contribution in [0.15, 0.2) is 79.5 Å². The van der Waals surface area contributed by atoms with Crippen molar-refractivity contribution in [2.45, 2.75) is 0 Å². The van der Waals surface area contributed by atoms with Crippen molar-refractivity contribution in [1.82, 2.24) is 4.98 Å². The summed E-state index contributed by atoms with van der Waals surface area (Å²) < 4.78 is 0.